The lowest BCUT2D eigenvalue weighted by molar-refractivity contribution is -0.138. The van der Waals surface area contributed by atoms with Gasteiger partial charge in [-0.2, -0.15) is 0 Å². The quantitative estimate of drug-likeness (QED) is 0.907. The number of allylic oxidation sites excluding steroid dienone is 2. The van der Waals surface area contributed by atoms with Crippen LogP contribution in [0.3, 0.4) is 0 Å². The van der Waals surface area contributed by atoms with E-state index in [1.165, 1.54) is 24.4 Å². The number of hydrogen-bond acceptors (Lipinski definition) is 4. The van der Waals surface area contributed by atoms with E-state index in [0.29, 0.717) is 22.3 Å². The lowest BCUT2D eigenvalue weighted by Gasteiger charge is -2.10. The molecule has 1 aliphatic rings. The molecule has 0 amide bonds. The highest BCUT2D eigenvalue weighted by atomic mass is 32.2. The number of benzene rings is 1. The highest BCUT2D eigenvalue weighted by Gasteiger charge is 2.25. The lowest BCUT2D eigenvalue weighted by Crippen LogP contribution is -2.05. The molecule has 1 aliphatic carbocycles. The molecule has 1 heterocycles. The van der Waals surface area contributed by atoms with Crippen molar-refractivity contribution in [1.29, 1.82) is 0 Å². The molecule has 2 aromatic rings. The minimum atomic E-state index is -3.42. The van der Waals surface area contributed by atoms with E-state index in [9.17, 15) is 22.7 Å². The van der Waals surface area contributed by atoms with Gasteiger partial charge in [0, 0.05) is 18.0 Å². The molecule has 7 heteroatoms. The van der Waals surface area contributed by atoms with Crippen molar-refractivity contribution in [3.05, 3.63) is 71.7 Å². The van der Waals surface area contributed by atoms with Crippen molar-refractivity contribution in [3.8, 4) is 0 Å². The number of carbonyl (C=O) groups is 1. The summed E-state index contributed by atoms with van der Waals surface area (Å²) in [6.07, 6.45) is 5.60. The largest absolute Gasteiger partial charge is 0.481 e. The fourth-order valence-corrected chi connectivity index (χ4v) is 3.18. The van der Waals surface area contributed by atoms with E-state index in [0.717, 1.165) is 6.26 Å². The molecule has 1 aromatic heterocycles. The summed E-state index contributed by atoms with van der Waals surface area (Å²) in [5, 5.41) is 9.24. The van der Waals surface area contributed by atoms with Gasteiger partial charge in [-0.3, -0.25) is 4.79 Å². The minimum absolute atomic E-state index is 0.0584. The van der Waals surface area contributed by atoms with Crippen LogP contribution >= 0.6 is 0 Å². The monoisotopic (exact) mass is 359 g/mol. The lowest BCUT2D eigenvalue weighted by atomic mass is 9.96. The first kappa shape index (κ1) is 17.0. The van der Waals surface area contributed by atoms with Gasteiger partial charge in [0.1, 0.15) is 5.82 Å². The van der Waals surface area contributed by atoms with E-state index in [1.54, 1.807) is 30.4 Å². The van der Waals surface area contributed by atoms with Gasteiger partial charge in [0.2, 0.25) is 0 Å². The molecule has 0 radical (unpaired) electrons. The first-order valence-corrected chi connectivity index (χ1v) is 9.24. The predicted octanol–water partition coefficient (Wildman–Crippen LogP) is 2.81. The highest BCUT2D eigenvalue weighted by molar-refractivity contribution is 7.90. The summed E-state index contributed by atoms with van der Waals surface area (Å²) in [7, 11) is -3.42. The average molecular weight is 359 g/mol. The number of rotatable bonds is 4. The normalized spacial score (nSPS) is 17.1. The molecule has 128 valence electrons. The number of hydrogen-bond donors (Lipinski definition) is 1. The molecule has 1 atom stereocenters. The minimum Gasteiger partial charge on any atom is -0.481 e. The van der Waals surface area contributed by atoms with Crippen molar-refractivity contribution < 1.29 is 22.7 Å². The van der Waals surface area contributed by atoms with Gasteiger partial charge in [-0.25, -0.2) is 17.8 Å². The topological polar surface area (TPSA) is 84.3 Å². The number of aromatic nitrogens is 1. The SMILES string of the molecule is CS(=O)(=O)c1ccc(C2=CC(C(=O)O)C=C2c2ccc(F)cc2)cn1. The summed E-state index contributed by atoms with van der Waals surface area (Å²) >= 11 is 0. The van der Waals surface area contributed by atoms with Crippen LogP contribution in [0.1, 0.15) is 11.1 Å². The van der Waals surface area contributed by atoms with E-state index in [2.05, 4.69) is 4.98 Å². The third-order valence-corrected chi connectivity index (χ3v) is 4.85. The Morgan fingerprint density at radius 1 is 1.04 bits per heavy atom. The first-order chi connectivity index (χ1) is 11.8. The zero-order chi connectivity index (χ0) is 18.2. The van der Waals surface area contributed by atoms with Crippen LogP contribution < -0.4 is 0 Å². The second-order valence-corrected chi connectivity index (χ2v) is 7.65. The first-order valence-electron chi connectivity index (χ1n) is 7.35. The van der Waals surface area contributed by atoms with Crippen LogP contribution in [0.2, 0.25) is 0 Å². The van der Waals surface area contributed by atoms with Crippen LogP contribution in [0.15, 0.2) is 59.8 Å². The molecular formula is C18H14FNO4S. The maximum Gasteiger partial charge on any atom is 0.314 e. The van der Waals surface area contributed by atoms with Crippen molar-refractivity contribution in [3.63, 3.8) is 0 Å². The van der Waals surface area contributed by atoms with Gasteiger partial charge < -0.3 is 5.11 Å². The summed E-state index contributed by atoms with van der Waals surface area (Å²) < 4.78 is 36.2. The molecular weight excluding hydrogens is 345 g/mol. The van der Waals surface area contributed by atoms with Crippen LogP contribution in [0.4, 0.5) is 4.39 Å². The second kappa shape index (κ2) is 6.25. The van der Waals surface area contributed by atoms with Crippen LogP contribution in [-0.2, 0) is 14.6 Å². The summed E-state index contributed by atoms with van der Waals surface area (Å²) in [6, 6.07) is 8.69. The van der Waals surface area contributed by atoms with Crippen molar-refractivity contribution in [2.45, 2.75) is 5.03 Å². The number of sulfone groups is 1. The van der Waals surface area contributed by atoms with E-state index < -0.39 is 21.7 Å². The van der Waals surface area contributed by atoms with Gasteiger partial charge in [-0.1, -0.05) is 24.3 Å². The third kappa shape index (κ3) is 3.51. The van der Waals surface area contributed by atoms with Crippen LogP contribution in [0.5, 0.6) is 0 Å². The molecule has 5 nitrogen and oxygen atoms in total. The molecule has 1 unspecified atom stereocenters. The molecule has 3 rings (SSSR count). The Balaban J connectivity index is 2.05. The van der Waals surface area contributed by atoms with Gasteiger partial charge >= 0.3 is 5.97 Å². The average Bonchev–Trinajstić information content (AvgIpc) is 3.00. The molecule has 0 spiro atoms. The summed E-state index contributed by atoms with van der Waals surface area (Å²) in [6.45, 7) is 0. The van der Waals surface area contributed by atoms with Gasteiger partial charge in [0.05, 0.1) is 5.92 Å². The fourth-order valence-electron chi connectivity index (χ4n) is 2.62. The number of pyridine rings is 1. The van der Waals surface area contributed by atoms with E-state index >= 15 is 0 Å². The summed E-state index contributed by atoms with van der Waals surface area (Å²) in [4.78, 5) is 15.3. The maximum atomic E-state index is 13.2. The Morgan fingerprint density at radius 3 is 2.08 bits per heavy atom. The van der Waals surface area contributed by atoms with E-state index in [4.69, 9.17) is 0 Å². The maximum absolute atomic E-state index is 13.2. The van der Waals surface area contributed by atoms with Gasteiger partial charge in [0.15, 0.2) is 14.9 Å². The number of aliphatic carboxylic acids is 1. The second-order valence-electron chi connectivity index (χ2n) is 5.69. The van der Waals surface area contributed by atoms with Crippen molar-refractivity contribution in [2.24, 2.45) is 5.92 Å². The van der Waals surface area contributed by atoms with Gasteiger partial charge in [-0.15, -0.1) is 0 Å². The smallest absolute Gasteiger partial charge is 0.314 e. The Kier molecular flexibility index (Phi) is 4.26. The number of carboxylic acids is 1. The van der Waals surface area contributed by atoms with Crippen molar-refractivity contribution in [1.82, 2.24) is 4.98 Å². The zero-order valence-corrected chi connectivity index (χ0v) is 14.0. The summed E-state index contributed by atoms with van der Waals surface area (Å²) in [5.41, 5.74) is 2.52. The van der Waals surface area contributed by atoms with Crippen LogP contribution in [0.25, 0.3) is 11.1 Å². The highest BCUT2D eigenvalue weighted by Crippen LogP contribution is 2.38. The van der Waals surface area contributed by atoms with E-state index in [1.807, 2.05) is 0 Å². The molecule has 1 aromatic carbocycles. The van der Waals surface area contributed by atoms with Gasteiger partial charge in [0.25, 0.3) is 0 Å². The van der Waals surface area contributed by atoms with Crippen molar-refractivity contribution >= 4 is 27.0 Å². The fraction of sp³-hybridized carbons (Fsp3) is 0.111. The number of halogens is 1. The number of nitrogens with zero attached hydrogens (tertiary/aromatic N) is 1. The zero-order valence-electron chi connectivity index (χ0n) is 13.2. The van der Waals surface area contributed by atoms with Crippen LogP contribution in [0, 0.1) is 11.7 Å². The standard InChI is InChI=1S/C18H14FNO4S/c1-25(23,24)17-7-4-12(10-20-17)16-9-13(18(21)22)8-15(16)11-2-5-14(19)6-3-11/h2-10,13H,1H3,(H,21,22). The Hall–Kier alpha value is -2.80. The molecule has 0 bridgehead atoms. The third-order valence-electron chi connectivity index (χ3n) is 3.85. The number of carboxylic acid groups (broad SMARTS) is 1. The molecule has 25 heavy (non-hydrogen) atoms. The van der Waals surface area contributed by atoms with Gasteiger partial charge in [-0.05, 0) is 41.0 Å². The molecule has 0 aliphatic heterocycles. The Morgan fingerprint density at radius 2 is 1.60 bits per heavy atom. The molecule has 0 fully saturated rings. The Bertz CT molecular complexity index is 990. The Labute approximate surface area is 144 Å². The van der Waals surface area contributed by atoms with Crippen LogP contribution in [-0.4, -0.2) is 30.7 Å². The van der Waals surface area contributed by atoms with E-state index in [-0.39, 0.29) is 10.8 Å². The molecule has 0 saturated heterocycles. The van der Waals surface area contributed by atoms with Crippen molar-refractivity contribution in [2.75, 3.05) is 6.26 Å². The molecule has 1 N–H and O–H groups in total. The predicted molar refractivity (Wildman–Crippen MR) is 90.8 cm³/mol. The summed E-state index contributed by atoms with van der Waals surface area (Å²) in [5.74, 6) is -2.21. The molecule has 0 saturated carbocycles.